The van der Waals surface area contributed by atoms with Crippen LogP contribution in [-0.2, 0) is 16.6 Å². The highest BCUT2D eigenvalue weighted by Gasteiger charge is 2.43. The Morgan fingerprint density at radius 3 is 2.20 bits per heavy atom. The van der Waals surface area contributed by atoms with Gasteiger partial charge in [0, 0.05) is 5.41 Å². The molecule has 1 aliphatic carbocycles. The molecule has 2 nitrogen and oxygen atoms in total. The maximum Gasteiger partial charge on any atom is 0.307 e. The van der Waals surface area contributed by atoms with Gasteiger partial charge in [-0.25, -0.2) is 0 Å². The molecular weight excluding hydrogens is 308 g/mol. The molecule has 0 heterocycles. The largest absolute Gasteiger partial charge is 0.481 e. The Hall–Kier alpha value is -2.09. The summed E-state index contributed by atoms with van der Waals surface area (Å²) in [7, 11) is 0. The van der Waals surface area contributed by atoms with Gasteiger partial charge in [0.2, 0.25) is 0 Å². The molecule has 2 heteroatoms. The molecule has 0 aromatic heterocycles. The first-order chi connectivity index (χ1) is 12.1. The van der Waals surface area contributed by atoms with E-state index < -0.39 is 5.97 Å². The molecular formula is C23H28O2. The van der Waals surface area contributed by atoms with Gasteiger partial charge in [0.25, 0.3) is 0 Å². The fourth-order valence-electron chi connectivity index (χ4n) is 4.57. The number of carboxylic acid groups (broad SMARTS) is 1. The lowest BCUT2D eigenvalue weighted by Crippen LogP contribution is -2.27. The summed E-state index contributed by atoms with van der Waals surface area (Å²) in [4.78, 5) is 11.5. The van der Waals surface area contributed by atoms with Gasteiger partial charge in [-0.2, -0.15) is 0 Å². The van der Waals surface area contributed by atoms with E-state index in [1.54, 1.807) is 0 Å². The first kappa shape index (κ1) is 17.7. The van der Waals surface area contributed by atoms with Crippen LogP contribution in [0.3, 0.4) is 0 Å². The summed E-state index contributed by atoms with van der Waals surface area (Å²) in [6.07, 6.45) is 6.96. The molecule has 0 bridgehead atoms. The summed E-state index contributed by atoms with van der Waals surface area (Å²) in [5, 5.41) is 9.44. The average Bonchev–Trinajstić information content (AvgIpc) is 2.90. The Labute approximate surface area is 150 Å². The van der Waals surface area contributed by atoms with E-state index >= 15 is 0 Å². The highest BCUT2D eigenvalue weighted by atomic mass is 16.4. The molecule has 132 valence electrons. The minimum absolute atomic E-state index is 0.0238. The second-order valence-electron chi connectivity index (χ2n) is 7.25. The molecule has 0 atom stereocenters. The number of benzene rings is 2. The minimum Gasteiger partial charge on any atom is -0.481 e. The Morgan fingerprint density at radius 2 is 1.56 bits per heavy atom. The number of rotatable bonds is 8. The summed E-state index contributed by atoms with van der Waals surface area (Å²) in [5.41, 5.74) is 6.22. The summed E-state index contributed by atoms with van der Waals surface area (Å²) in [6, 6.07) is 14.9. The van der Waals surface area contributed by atoms with Crippen molar-refractivity contribution in [3.05, 3.63) is 59.2 Å². The normalized spacial score (nSPS) is 14.2. The zero-order valence-electron chi connectivity index (χ0n) is 15.3. The fraction of sp³-hybridized carbons (Fsp3) is 0.435. The molecule has 0 fully saturated rings. The van der Waals surface area contributed by atoms with Gasteiger partial charge in [0.05, 0.1) is 6.42 Å². The third kappa shape index (κ3) is 3.10. The Balaban J connectivity index is 2.24. The molecule has 2 aromatic rings. The Kier molecular flexibility index (Phi) is 5.27. The van der Waals surface area contributed by atoms with E-state index in [4.69, 9.17) is 0 Å². The van der Waals surface area contributed by atoms with Crippen molar-refractivity contribution in [2.45, 2.75) is 64.2 Å². The van der Waals surface area contributed by atoms with Crippen LogP contribution < -0.4 is 0 Å². The SMILES string of the molecule is CCCCC1(CCCC)c2ccccc2-c2cccc(CC(=O)O)c21. The van der Waals surface area contributed by atoms with E-state index in [-0.39, 0.29) is 11.8 Å². The van der Waals surface area contributed by atoms with Gasteiger partial charge >= 0.3 is 5.97 Å². The molecule has 0 unspecified atom stereocenters. The number of hydrogen-bond acceptors (Lipinski definition) is 1. The second-order valence-corrected chi connectivity index (χ2v) is 7.25. The molecule has 0 radical (unpaired) electrons. The van der Waals surface area contributed by atoms with Crippen LogP contribution in [0, 0.1) is 0 Å². The highest BCUT2D eigenvalue weighted by molar-refractivity contribution is 5.84. The van der Waals surface area contributed by atoms with Gasteiger partial charge in [-0.15, -0.1) is 0 Å². The van der Waals surface area contributed by atoms with E-state index in [1.165, 1.54) is 35.1 Å². The highest BCUT2D eigenvalue weighted by Crippen LogP contribution is 2.55. The maximum absolute atomic E-state index is 11.5. The van der Waals surface area contributed by atoms with Crippen molar-refractivity contribution in [2.75, 3.05) is 0 Å². The molecule has 0 saturated carbocycles. The van der Waals surface area contributed by atoms with E-state index in [1.807, 2.05) is 12.1 Å². The van der Waals surface area contributed by atoms with Crippen molar-refractivity contribution < 1.29 is 9.90 Å². The zero-order chi connectivity index (χ0) is 17.9. The van der Waals surface area contributed by atoms with Crippen molar-refractivity contribution in [3.8, 4) is 11.1 Å². The van der Waals surface area contributed by atoms with Crippen LogP contribution in [-0.4, -0.2) is 11.1 Å². The van der Waals surface area contributed by atoms with Gasteiger partial charge in [-0.1, -0.05) is 82.0 Å². The summed E-state index contributed by atoms with van der Waals surface area (Å²) in [5.74, 6) is -0.746. The number of aliphatic carboxylic acids is 1. The molecule has 25 heavy (non-hydrogen) atoms. The van der Waals surface area contributed by atoms with Gasteiger partial charge in [-0.05, 0) is 40.7 Å². The zero-order valence-corrected chi connectivity index (χ0v) is 15.3. The Morgan fingerprint density at radius 1 is 0.920 bits per heavy atom. The first-order valence-electron chi connectivity index (χ1n) is 9.58. The van der Waals surface area contributed by atoms with Crippen molar-refractivity contribution in [2.24, 2.45) is 0 Å². The maximum atomic E-state index is 11.5. The van der Waals surface area contributed by atoms with Crippen molar-refractivity contribution in [3.63, 3.8) is 0 Å². The van der Waals surface area contributed by atoms with E-state index in [2.05, 4.69) is 44.2 Å². The van der Waals surface area contributed by atoms with Crippen LogP contribution in [0.5, 0.6) is 0 Å². The topological polar surface area (TPSA) is 37.3 Å². The first-order valence-corrected chi connectivity index (χ1v) is 9.58. The van der Waals surface area contributed by atoms with Gasteiger partial charge in [0.15, 0.2) is 0 Å². The predicted molar refractivity (Wildman–Crippen MR) is 103 cm³/mol. The van der Waals surface area contributed by atoms with Gasteiger partial charge in [-0.3, -0.25) is 4.79 Å². The Bertz CT molecular complexity index is 752. The molecule has 0 aliphatic heterocycles. The summed E-state index contributed by atoms with van der Waals surface area (Å²) >= 11 is 0. The van der Waals surface area contributed by atoms with Crippen molar-refractivity contribution in [1.29, 1.82) is 0 Å². The van der Waals surface area contributed by atoms with Crippen LogP contribution in [0.15, 0.2) is 42.5 Å². The van der Waals surface area contributed by atoms with Gasteiger partial charge < -0.3 is 5.11 Å². The molecule has 3 rings (SSSR count). The van der Waals surface area contributed by atoms with Crippen LogP contribution in [0.4, 0.5) is 0 Å². The molecule has 2 aromatic carbocycles. The van der Waals surface area contributed by atoms with E-state index in [0.717, 1.165) is 31.2 Å². The lowest BCUT2D eigenvalue weighted by molar-refractivity contribution is -0.136. The van der Waals surface area contributed by atoms with Crippen molar-refractivity contribution >= 4 is 5.97 Å². The molecule has 0 saturated heterocycles. The molecule has 1 N–H and O–H groups in total. The third-order valence-electron chi connectivity index (χ3n) is 5.62. The monoisotopic (exact) mass is 336 g/mol. The average molecular weight is 336 g/mol. The van der Waals surface area contributed by atoms with E-state index in [9.17, 15) is 9.90 Å². The van der Waals surface area contributed by atoms with Crippen LogP contribution in [0.1, 0.15) is 69.1 Å². The number of unbranched alkanes of at least 4 members (excludes halogenated alkanes) is 2. The number of fused-ring (bicyclic) bond motifs is 3. The number of carboxylic acids is 1. The summed E-state index contributed by atoms with van der Waals surface area (Å²) < 4.78 is 0. The molecule has 0 amide bonds. The van der Waals surface area contributed by atoms with Crippen LogP contribution in [0.25, 0.3) is 11.1 Å². The standard InChI is InChI=1S/C23H28O2/c1-3-5-14-23(15-6-4-2)20-13-8-7-11-18(20)19-12-9-10-17(22(19)23)16-21(24)25/h7-13H,3-6,14-16H2,1-2H3,(H,24,25). The summed E-state index contributed by atoms with van der Waals surface area (Å²) in [6.45, 7) is 4.47. The smallest absolute Gasteiger partial charge is 0.307 e. The quantitative estimate of drug-likeness (QED) is 0.645. The van der Waals surface area contributed by atoms with E-state index in [0.29, 0.717) is 0 Å². The lowest BCUT2D eigenvalue weighted by Gasteiger charge is -2.34. The predicted octanol–water partition coefficient (Wildman–Crippen LogP) is 5.96. The van der Waals surface area contributed by atoms with Gasteiger partial charge in [0.1, 0.15) is 0 Å². The second kappa shape index (κ2) is 7.43. The van der Waals surface area contributed by atoms with Crippen molar-refractivity contribution in [1.82, 2.24) is 0 Å². The minimum atomic E-state index is -0.746. The molecule has 0 spiro atoms. The number of carbonyl (C=O) groups is 1. The van der Waals surface area contributed by atoms with Crippen LogP contribution in [0.2, 0.25) is 0 Å². The fourth-order valence-corrected chi connectivity index (χ4v) is 4.57. The third-order valence-corrected chi connectivity index (χ3v) is 5.62. The van der Waals surface area contributed by atoms with Crippen LogP contribution >= 0.6 is 0 Å². The molecule has 1 aliphatic rings. The lowest BCUT2D eigenvalue weighted by atomic mass is 9.69. The number of hydrogen-bond donors (Lipinski definition) is 1.